The molecule has 0 atom stereocenters. The monoisotopic (exact) mass is 224 g/mol. The Kier molecular flexibility index (Phi) is 3.38. The van der Waals surface area contributed by atoms with Gasteiger partial charge in [0, 0.05) is 12.8 Å². The van der Waals surface area contributed by atoms with Crippen molar-refractivity contribution >= 4 is 16.6 Å². The van der Waals surface area contributed by atoms with E-state index in [9.17, 15) is 4.79 Å². The molecular weight excluding hydrogens is 208 g/mol. The van der Waals surface area contributed by atoms with Crippen molar-refractivity contribution in [2.75, 3.05) is 0 Å². The van der Waals surface area contributed by atoms with Crippen LogP contribution in [0.3, 0.4) is 0 Å². The highest BCUT2D eigenvalue weighted by Gasteiger charge is 2.06. The lowest BCUT2D eigenvalue weighted by Crippen LogP contribution is -2.03. The van der Waals surface area contributed by atoms with Crippen LogP contribution in [0.15, 0.2) is 54.6 Å². The minimum Gasteiger partial charge on any atom is -0.299 e. The molecule has 0 radical (unpaired) electrons. The highest BCUT2D eigenvalue weighted by Crippen LogP contribution is 2.19. The zero-order valence-electron chi connectivity index (χ0n) is 10.1. The number of benzene rings is 2. The molecule has 0 amide bonds. The first-order chi connectivity index (χ1) is 8.16. The van der Waals surface area contributed by atoms with Crippen LogP contribution in [0.2, 0.25) is 0 Å². The molecule has 0 saturated heterocycles. The van der Waals surface area contributed by atoms with Gasteiger partial charge in [-0.25, -0.2) is 0 Å². The van der Waals surface area contributed by atoms with Gasteiger partial charge in [0.25, 0.3) is 0 Å². The Bertz CT molecular complexity index is 561. The first-order valence-corrected chi connectivity index (χ1v) is 5.79. The lowest BCUT2D eigenvalue weighted by atomic mass is 9.98. The molecule has 1 heteroatoms. The number of Topliss-reactive ketones (excluding diaryl/α,β-unsaturated/α-hetero) is 1. The first kappa shape index (κ1) is 11.6. The fourth-order valence-electron chi connectivity index (χ4n) is 2.06. The highest BCUT2D eigenvalue weighted by atomic mass is 16.1. The lowest BCUT2D eigenvalue weighted by Gasteiger charge is -2.05. The summed E-state index contributed by atoms with van der Waals surface area (Å²) < 4.78 is 0. The van der Waals surface area contributed by atoms with E-state index >= 15 is 0 Å². The van der Waals surface area contributed by atoms with Gasteiger partial charge in [-0.1, -0.05) is 54.6 Å². The number of ketones is 1. The van der Waals surface area contributed by atoms with E-state index in [1.54, 1.807) is 0 Å². The van der Waals surface area contributed by atoms with Crippen molar-refractivity contribution in [2.45, 2.75) is 19.8 Å². The number of carbonyl (C=O) groups is 1. The first-order valence-electron chi connectivity index (χ1n) is 5.79. The van der Waals surface area contributed by atoms with Gasteiger partial charge in [-0.15, -0.1) is 0 Å². The maximum absolute atomic E-state index is 11.8. The van der Waals surface area contributed by atoms with Gasteiger partial charge >= 0.3 is 0 Å². The fraction of sp³-hybridized carbons (Fsp3) is 0.188. The van der Waals surface area contributed by atoms with E-state index in [1.807, 2.05) is 31.2 Å². The molecule has 1 nitrogen and oxygen atoms in total. The number of rotatable bonds is 4. The summed E-state index contributed by atoms with van der Waals surface area (Å²) in [5, 5.41) is 2.36. The summed E-state index contributed by atoms with van der Waals surface area (Å²) in [6.45, 7) is 5.67. The molecule has 0 fully saturated rings. The van der Waals surface area contributed by atoms with E-state index < -0.39 is 0 Å². The van der Waals surface area contributed by atoms with Crippen LogP contribution in [0.25, 0.3) is 10.8 Å². The Morgan fingerprint density at radius 1 is 1.12 bits per heavy atom. The molecule has 0 aromatic heterocycles. The molecule has 0 N–H and O–H groups in total. The molecule has 0 bridgehead atoms. The fourth-order valence-corrected chi connectivity index (χ4v) is 2.06. The van der Waals surface area contributed by atoms with E-state index in [4.69, 9.17) is 0 Å². The Morgan fingerprint density at radius 2 is 1.82 bits per heavy atom. The van der Waals surface area contributed by atoms with Gasteiger partial charge in [-0.2, -0.15) is 0 Å². The third-order valence-corrected chi connectivity index (χ3v) is 2.77. The average molecular weight is 224 g/mol. The summed E-state index contributed by atoms with van der Waals surface area (Å²) in [6.07, 6.45) is 0.970. The van der Waals surface area contributed by atoms with E-state index in [-0.39, 0.29) is 5.78 Å². The van der Waals surface area contributed by atoms with E-state index in [0.29, 0.717) is 12.8 Å². The minimum atomic E-state index is 0.230. The number of hydrogen-bond donors (Lipinski definition) is 0. The number of allylic oxidation sites excluding steroid dienone is 1. The number of fused-ring (bicyclic) bond motifs is 1. The van der Waals surface area contributed by atoms with Crippen molar-refractivity contribution < 1.29 is 4.79 Å². The van der Waals surface area contributed by atoms with Gasteiger partial charge in [0.05, 0.1) is 0 Å². The quantitative estimate of drug-likeness (QED) is 0.719. The third-order valence-electron chi connectivity index (χ3n) is 2.77. The molecule has 0 spiro atoms. The van der Waals surface area contributed by atoms with Crippen LogP contribution < -0.4 is 0 Å². The second kappa shape index (κ2) is 4.96. The molecule has 86 valence electrons. The van der Waals surface area contributed by atoms with Crippen LogP contribution in [0, 0.1) is 0 Å². The Balaban J connectivity index is 2.30. The van der Waals surface area contributed by atoms with Crippen LogP contribution in [0.5, 0.6) is 0 Å². The zero-order chi connectivity index (χ0) is 12.3. The Hall–Kier alpha value is -1.89. The van der Waals surface area contributed by atoms with E-state index in [2.05, 4.69) is 24.8 Å². The number of hydrogen-bond acceptors (Lipinski definition) is 1. The van der Waals surface area contributed by atoms with Crippen molar-refractivity contribution in [3.8, 4) is 0 Å². The second-order valence-electron chi connectivity index (χ2n) is 4.49. The van der Waals surface area contributed by atoms with Crippen molar-refractivity contribution in [3.63, 3.8) is 0 Å². The predicted octanol–water partition coefficient (Wildman–Crippen LogP) is 3.92. The predicted molar refractivity (Wildman–Crippen MR) is 72.1 cm³/mol. The maximum atomic E-state index is 11.8. The average Bonchev–Trinajstić information content (AvgIpc) is 2.28. The van der Waals surface area contributed by atoms with Crippen LogP contribution >= 0.6 is 0 Å². The lowest BCUT2D eigenvalue weighted by molar-refractivity contribution is -0.117. The van der Waals surface area contributed by atoms with Gasteiger partial charge in [0.1, 0.15) is 5.78 Å². The van der Waals surface area contributed by atoms with Gasteiger partial charge in [-0.3, -0.25) is 4.79 Å². The summed E-state index contributed by atoms with van der Waals surface area (Å²) in [7, 11) is 0. The zero-order valence-corrected chi connectivity index (χ0v) is 10.1. The van der Waals surface area contributed by atoms with E-state index in [1.165, 1.54) is 10.8 Å². The van der Waals surface area contributed by atoms with Crippen molar-refractivity contribution in [1.82, 2.24) is 0 Å². The van der Waals surface area contributed by atoms with Crippen LogP contribution in [-0.4, -0.2) is 5.78 Å². The minimum absolute atomic E-state index is 0.230. The maximum Gasteiger partial charge on any atom is 0.141 e. The molecule has 2 aromatic rings. The number of carbonyl (C=O) groups excluding carboxylic acids is 1. The van der Waals surface area contributed by atoms with Gasteiger partial charge < -0.3 is 0 Å². The van der Waals surface area contributed by atoms with Crippen molar-refractivity contribution in [2.24, 2.45) is 0 Å². The normalized spacial score (nSPS) is 10.4. The summed E-state index contributed by atoms with van der Waals surface area (Å²) in [4.78, 5) is 11.8. The molecular formula is C16H16O. The Morgan fingerprint density at radius 3 is 2.59 bits per heavy atom. The topological polar surface area (TPSA) is 17.1 Å². The molecule has 17 heavy (non-hydrogen) atoms. The summed E-state index contributed by atoms with van der Waals surface area (Å²) in [6, 6.07) is 14.3. The molecule has 0 aliphatic heterocycles. The SMILES string of the molecule is C=C(C)CC(=O)Cc1cccc2ccccc12. The second-order valence-corrected chi connectivity index (χ2v) is 4.49. The molecule has 0 unspecified atom stereocenters. The van der Waals surface area contributed by atoms with Crippen molar-refractivity contribution in [1.29, 1.82) is 0 Å². The standard InChI is InChI=1S/C16H16O/c1-12(2)10-15(17)11-14-8-5-7-13-6-3-4-9-16(13)14/h3-9H,1,10-11H2,2H3. The van der Waals surface area contributed by atoms with Gasteiger partial charge in [-0.05, 0) is 23.3 Å². The molecule has 0 aliphatic rings. The largest absolute Gasteiger partial charge is 0.299 e. The molecule has 0 saturated carbocycles. The smallest absolute Gasteiger partial charge is 0.141 e. The van der Waals surface area contributed by atoms with Crippen LogP contribution in [-0.2, 0) is 11.2 Å². The molecule has 2 rings (SSSR count). The van der Waals surface area contributed by atoms with Gasteiger partial charge in [0.15, 0.2) is 0 Å². The highest BCUT2D eigenvalue weighted by molar-refractivity contribution is 5.91. The van der Waals surface area contributed by atoms with Crippen LogP contribution in [0.1, 0.15) is 18.9 Å². The molecule has 0 aliphatic carbocycles. The van der Waals surface area contributed by atoms with Crippen LogP contribution in [0.4, 0.5) is 0 Å². The molecule has 0 heterocycles. The molecule has 2 aromatic carbocycles. The summed E-state index contributed by atoms with van der Waals surface area (Å²) in [5.74, 6) is 0.230. The Labute approximate surface area is 102 Å². The van der Waals surface area contributed by atoms with Gasteiger partial charge in [0.2, 0.25) is 0 Å². The third kappa shape index (κ3) is 2.82. The summed E-state index contributed by atoms with van der Waals surface area (Å²) >= 11 is 0. The summed E-state index contributed by atoms with van der Waals surface area (Å²) in [5.41, 5.74) is 2.03. The van der Waals surface area contributed by atoms with Crippen molar-refractivity contribution in [3.05, 3.63) is 60.2 Å². The van der Waals surface area contributed by atoms with E-state index in [0.717, 1.165) is 11.1 Å².